The van der Waals surface area contributed by atoms with Crippen LogP contribution >= 0.6 is 15.9 Å². The van der Waals surface area contributed by atoms with E-state index in [0.717, 1.165) is 18.4 Å². The third-order valence-electron chi connectivity index (χ3n) is 3.12. The maximum atomic E-state index is 13.2. The van der Waals surface area contributed by atoms with Crippen LogP contribution in [0.1, 0.15) is 31.2 Å². The van der Waals surface area contributed by atoms with Crippen molar-refractivity contribution >= 4 is 15.9 Å². The zero-order valence-corrected chi connectivity index (χ0v) is 9.64. The summed E-state index contributed by atoms with van der Waals surface area (Å²) in [6.45, 7) is 2.08. The second-order valence-electron chi connectivity index (χ2n) is 4.02. The van der Waals surface area contributed by atoms with Crippen molar-refractivity contribution < 1.29 is 4.39 Å². The van der Waals surface area contributed by atoms with Gasteiger partial charge >= 0.3 is 0 Å². The molecule has 76 valence electrons. The predicted octanol–water partition coefficient (Wildman–Crippen LogP) is 3.18. The van der Waals surface area contributed by atoms with Crippen molar-refractivity contribution in [1.82, 2.24) is 0 Å². The van der Waals surface area contributed by atoms with Gasteiger partial charge < -0.3 is 5.73 Å². The number of nitrogens with two attached hydrogens (primary N) is 1. The zero-order chi connectivity index (χ0) is 10.3. The monoisotopic (exact) mass is 257 g/mol. The standard InChI is InChI=1S/C11H13BrFN/c1-2-11(14)6-8(11)7-3-4-9(12)10(13)5-7/h3-5,8H,2,6,14H2,1H3/t8-,11-/m1/s1. The number of hydrogen-bond donors (Lipinski definition) is 1. The number of rotatable bonds is 2. The molecule has 1 aromatic rings. The van der Waals surface area contributed by atoms with Gasteiger partial charge in [-0.2, -0.15) is 0 Å². The summed E-state index contributed by atoms with van der Waals surface area (Å²) in [5.74, 6) is 0.142. The molecule has 2 atom stereocenters. The fraction of sp³-hybridized carbons (Fsp3) is 0.455. The van der Waals surface area contributed by atoms with Gasteiger partial charge in [0.1, 0.15) is 5.82 Å². The van der Waals surface area contributed by atoms with Gasteiger partial charge in [0.25, 0.3) is 0 Å². The molecule has 1 aliphatic rings. The van der Waals surface area contributed by atoms with E-state index in [4.69, 9.17) is 5.73 Å². The Labute approximate surface area is 91.6 Å². The fourth-order valence-corrected chi connectivity index (χ4v) is 2.14. The molecule has 0 bridgehead atoms. The van der Waals surface area contributed by atoms with Crippen molar-refractivity contribution in [1.29, 1.82) is 0 Å². The Morgan fingerprint density at radius 1 is 1.64 bits per heavy atom. The van der Waals surface area contributed by atoms with Crippen LogP contribution in [0.3, 0.4) is 0 Å². The predicted molar refractivity (Wildman–Crippen MR) is 58.7 cm³/mol. The Morgan fingerprint density at radius 3 is 2.86 bits per heavy atom. The third kappa shape index (κ3) is 1.59. The normalized spacial score (nSPS) is 30.4. The summed E-state index contributed by atoms with van der Waals surface area (Å²) in [4.78, 5) is 0. The van der Waals surface area contributed by atoms with Gasteiger partial charge in [-0.15, -0.1) is 0 Å². The molecular weight excluding hydrogens is 245 g/mol. The molecule has 1 aromatic carbocycles. The zero-order valence-electron chi connectivity index (χ0n) is 8.06. The van der Waals surface area contributed by atoms with Crippen LogP contribution < -0.4 is 5.73 Å². The first-order valence-corrected chi connectivity index (χ1v) is 5.60. The molecule has 0 aliphatic heterocycles. The summed E-state index contributed by atoms with van der Waals surface area (Å²) in [6.07, 6.45) is 1.93. The molecule has 14 heavy (non-hydrogen) atoms. The van der Waals surface area contributed by atoms with Crippen molar-refractivity contribution in [3.63, 3.8) is 0 Å². The van der Waals surface area contributed by atoms with Crippen molar-refractivity contribution in [2.75, 3.05) is 0 Å². The maximum absolute atomic E-state index is 13.2. The van der Waals surface area contributed by atoms with E-state index in [-0.39, 0.29) is 11.4 Å². The second-order valence-corrected chi connectivity index (χ2v) is 4.87. The van der Waals surface area contributed by atoms with Crippen LogP contribution in [0.15, 0.2) is 22.7 Å². The molecule has 1 aliphatic carbocycles. The molecule has 2 rings (SSSR count). The Morgan fingerprint density at radius 2 is 2.36 bits per heavy atom. The van der Waals surface area contributed by atoms with Crippen LogP contribution in [-0.4, -0.2) is 5.54 Å². The van der Waals surface area contributed by atoms with Gasteiger partial charge in [0, 0.05) is 11.5 Å². The van der Waals surface area contributed by atoms with Crippen LogP contribution in [0, 0.1) is 5.82 Å². The van der Waals surface area contributed by atoms with Gasteiger partial charge in [-0.1, -0.05) is 13.0 Å². The molecule has 0 aromatic heterocycles. The van der Waals surface area contributed by atoms with Crippen LogP contribution in [0.2, 0.25) is 0 Å². The first-order chi connectivity index (χ1) is 6.57. The molecule has 0 amide bonds. The summed E-state index contributed by atoms with van der Waals surface area (Å²) in [5, 5.41) is 0. The lowest BCUT2D eigenvalue weighted by atomic mass is 10.1. The molecule has 2 N–H and O–H groups in total. The third-order valence-corrected chi connectivity index (χ3v) is 3.77. The Kier molecular flexibility index (Phi) is 2.40. The second kappa shape index (κ2) is 3.31. The summed E-state index contributed by atoms with van der Waals surface area (Å²) in [7, 11) is 0. The quantitative estimate of drug-likeness (QED) is 0.866. The molecule has 3 heteroatoms. The Balaban J connectivity index is 2.24. The smallest absolute Gasteiger partial charge is 0.137 e. The molecule has 1 nitrogen and oxygen atoms in total. The Hall–Kier alpha value is -0.410. The Bertz CT molecular complexity index is 366. The molecule has 0 heterocycles. The topological polar surface area (TPSA) is 26.0 Å². The molecule has 0 radical (unpaired) electrons. The minimum Gasteiger partial charge on any atom is -0.325 e. The van der Waals surface area contributed by atoms with Gasteiger partial charge in [-0.05, 0) is 46.5 Å². The number of hydrogen-bond acceptors (Lipinski definition) is 1. The summed E-state index contributed by atoms with van der Waals surface area (Å²) in [5.41, 5.74) is 7.02. The van der Waals surface area contributed by atoms with Crippen molar-refractivity contribution in [2.24, 2.45) is 5.73 Å². The van der Waals surface area contributed by atoms with Crippen LogP contribution in [0.4, 0.5) is 4.39 Å². The maximum Gasteiger partial charge on any atom is 0.137 e. The van der Waals surface area contributed by atoms with Crippen molar-refractivity contribution in [3.8, 4) is 0 Å². The van der Waals surface area contributed by atoms with Gasteiger partial charge in [0.05, 0.1) is 4.47 Å². The lowest BCUT2D eigenvalue weighted by Gasteiger charge is -2.08. The highest BCUT2D eigenvalue weighted by Crippen LogP contribution is 2.51. The van der Waals surface area contributed by atoms with Gasteiger partial charge in [-0.25, -0.2) is 4.39 Å². The molecule has 1 saturated carbocycles. The van der Waals surface area contributed by atoms with Crippen LogP contribution in [0.5, 0.6) is 0 Å². The minimum absolute atomic E-state index is 0.0831. The van der Waals surface area contributed by atoms with Gasteiger partial charge in [0.2, 0.25) is 0 Å². The first-order valence-electron chi connectivity index (χ1n) is 4.80. The molecule has 1 fully saturated rings. The minimum atomic E-state index is -0.201. The largest absolute Gasteiger partial charge is 0.325 e. The van der Waals surface area contributed by atoms with E-state index in [1.54, 1.807) is 12.1 Å². The van der Waals surface area contributed by atoms with E-state index >= 15 is 0 Å². The number of halogens is 2. The molecule has 0 saturated heterocycles. The van der Waals surface area contributed by atoms with E-state index < -0.39 is 0 Å². The van der Waals surface area contributed by atoms with E-state index in [1.807, 2.05) is 6.07 Å². The van der Waals surface area contributed by atoms with E-state index in [0.29, 0.717) is 10.4 Å². The summed E-state index contributed by atoms with van der Waals surface area (Å²) < 4.78 is 13.8. The molecular formula is C11H13BrFN. The van der Waals surface area contributed by atoms with Crippen LogP contribution in [0.25, 0.3) is 0 Å². The van der Waals surface area contributed by atoms with Crippen molar-refractivity contribution in [2.45, 2.75) is 31.2 Å². The van der Waals surface area contributed by atoms with E-state index in [1.165, 1.54) is 0 Å². The lowest BCUT2D eigenvalue weighted by molar-refractivity contribution is 0.608. The molecule has 0 spiro atoms. The SMILES string of the molecule is CC[C@@]1(N)C[C@@H]1c1ccc(Br)c(F)c1. The van der Waals surface area contributed by atoms with E-state index in [9.17, 15) is 4.39 Å². The van der Waals surface area contributed by atoms with Gasteiger partial charge in [0.15, 0.2) is 0 Å². The average molecular weight is 258 g/mol. The summed E-state index contributed by atoms with van der Waals surface area (Å²) in [6, 6.07) is 5.28. The fourth-order valence-electron chi connectivity index (χ4n) is 1.89. The van der Waals surface area contributed by atoms with Crippen molar-refractivity contribution in [3.05, 3.63) is 34.1 Å². The highest BCUT2D eigenvalue weighted by atomic mass is 79.9. The van der Waals surface area contributed by atoms with E-state index in [2.05, 4.69) is 22.9 Å². The van der Waals surface area contributed by atoms with Gasteiger partial charge in [-0.3, -0.25) is 0 Å². The average Bonchev–Trinajstić information content (AvgIpc) is 2.84. The first kappa shape index (κ1) is 10.1. The van der Waals surface area contributed by atoms with Crippen LogP contribution in [-0.2, 0) is 0 Å². The summed E-state index contributed by atoms with van der Waals surface area (Å²) >= 11 is 3.14. The number of benzene rings is 1. The molecule has 0 unspecified atom stereocenters. The highest BCUT2D eigenvalue weighted by Gasteiger charge is 2.50. The lowest BCUT2D eigenvalue weighted by Crippen LogP contribution is -2.22. The highest BCUT2D eigenvalue weighted by molar-refractivity contribution is 9.10.